The standard InChI is InChI=1S/C18H19N/c1-2-3-5-8-15-11-12-17(14-19)18(13-15)16-9-6-4-7-10-16/h4,6-7,9-13H,2-3,5,8H2,1H3. The van der Waals surface area contributed by atoms with Crippen molar-refractivity contribution in [2.24, 2.45) is 0 Å². The maximum absolute atomic E-state index is 9.23. The first-order valence-corrected chi connectivity index (χ1v) is 6.93. The molecule has 0 radical (unpaired) electrons. The first-order chi connectivity index (χ1) is 9.35. The molecule has 0 saturated carbocycles. The van der Waals surface area contributed by atoms with Crippen molar-refractivity contribution in [1.29, 1.82) is 5.26 Å². The monoisotopic (exact) mass is 249 g/mol. The summed E-state index contributed by atoms with van der Waals surface area (Å²) in [5.41, 5.74) is 4.25. The van der Waals surface area contributed by atoms with E-state index in [1.165, 1.54) is 24.8 Å². The summed E-state index contributed by atoms with van der Waals surface area (Å²) in [4.78, 5) is 0. The average Bonchev–Trinajstić information content (AvgIpc) is 2.48. The third kappa shape index (κ3) is 3.45. The van der Waals surface area contributed by atoms with Gasteiger partial charge in [-0.3, -0.25) is 0 Å². The molecule has 96 valence electrons. The lowest BCUT2D eigenvalue weighted by atomic mass is 9.96. The molecule has 2 rings (SSSR count). The molecule has 1 heteroatoms. The maximum Gasteiger partial charge on any atom is 0.0998 e. The van der Waals surface area contributed by atoms with Crippen LogP contribution in [0.15, 0.2) is 48.5 Å². The van der Waals surface area contributed by atoms with Crippen LogP contribution in [-0.4, -0.2) is 0 Å². The lowest BCUT2D eigenvalue weighted by Crippen LogP contribution is -1.90. The summed E-state index contributed by atoms with van der Waals surface area (Å²) in [6, 6.07) is 18.6. The highest BCUT2D eigenvalue weighted by atomic mass is 14.2. The maximum atomic E-state index is 9.23. The number of nitriles is 1. The Balaban J connectivity index is 2.30. The van der Waals surface area contributed by atoms with E-state index in [1.807, 2.05) is 24.3 Å². The summed E-state index contributed by atoms with van der Waals surface area (Å²) in [7, 11) is 0. The summed E-state index contributed by atoms with van der Waals surface area (Å²) in [5.74, 6) is 0. The van der Waals surface area contributed by atoms with Gasteiger partial charge in [0.2, 0.25) is 0 Å². The Morgan fingerprint density at radius 3 is 2.47 bits per heavy atom. The molecule has 2 aromatic carbocycles. The summed E-state index contributed by atoms with van der Waals surface area (Å²) < 4.78 is 0. The highest BCUT2D eigenvalue weighted by Crippen LogP contribution is 2.25. The third-order valence-electron chi connectivity index (χ3n) is 3.36. The third-order valence-corrected chi connectivity index (χ3v) is 3.36. The van der Waals surface area contributed by atoms with E-state index >= 15 is 0 Å². The van der Waals surface area contributed by atoms with Crippen LogP contribution in [0.2, 0.25) is 0 Å². The largest absolute Gasteiger partial charge is 0.192 e. The van der Waals surface area contributed by atoms with Crippen LogP contribution in [0.25, 0.3) is 11.1 Å². The van der Waals surface area contributed by atoms with Crippen LogP contribution in [0.3, 0.4) is 0 Å². The van der Waals surface area contributed by atoms with Gasteiger partial charge in [0.1, 0.15) is 0 Å². The lowest BCUT2D eigenvalue weighted by Gasteiger charge is -2.08. The Bertz CT molecular complexity index is 564. The summed E-state index contributed by atoms with van der Waals surface area (Å²) in [6.45, 7) is 2.22. The van der Waals surface area contributed by atoms with Crippen molar-refractivity contribution in [2.75, 3.05) is 0 Å². The summed E-state index contributed by atoms with van der Waals surface area (Å²) in [6.07, 6.45) is 4.82. The van der Waals surface area contributed by atoms with Crippen molar-refractivity contribution in [3.63, 3.8) is 0 Å². The van der Waals surface area contributed by atoms with E-state index in [4.69, 9.17) is 0 Å². The fourth-order valence-corrected chi connectivity index (χ4v) is 2.28. The van der Waals surface area contributed by atoms with Gasteiger partial charge in [-0.15, -0.1) is 0 Å². The molecule has 19 heavy (non-hydrogen) atoms. The zero-order chi connectivity index (χ0) is 13.5. The Hall–Kier alpha value is -2.07. The van der Waals surface area contributed by atoms with Gasteiger partial charge in [0.05, 0.1) is 11.6 Å². The molecule has 0 N–H and O–H groups in total. The molecule has 2 aromatic rings. The SMILES string of the molecule is CCCCCc1ccc(C#N)c(-c2ccccc2)c1. The van der Waals surface area contributed by atoms with Gasteiger partial charge in [-0.2, -0.15) is 5.26 Å². The van der Waals surface area contributed by atoms with Gasteiger partial charge in [0, 0.05) is 0 Å². The quantitative estimate of drug-likeness (QED) is 0.687. The second-order valence-corrected chi connectivity index (χ2v) is 4.81. The second kappa shape index (κ2) is 6.75. The van der Waals surface area contributed by atoms with Crippen molar-refractivity contribution < 1.29 is 0 Å². The predicted octanol–water partition coefficient (Wildman–Crippen LogP) is 4.96. The fourth-order valence-electron chi connectivity index (χ4n) is 2.28. The highest BCUT2D eigenvalue weighted by molar-refractivity contribution is 5.71. The molecule has 0 unspecified atom stereocenters. The summed E-state index contributed by atoms with van der Waals surface area (Å²) >= 11 is 0. The number of aryl methyl sites for hydroxylation is 1. The van der Waals surface area contributed by atoms with Crippen LogP contribution in [0.1, 0.15) is 37.3 Å². The molecule has 0 amide bonds. The molecule has 0 atom stereocenters. The first-order valence-electron chi connectivity index (χ1n) is 6.93. The van der Waals surface area contributed by atoms with Gasteiger partial charge < -0.3 is 0 Å². The lowest BCUT2D eigenvalue weighted by molar-refractivity contribution is 0.717. The van der Waals surface area contributed by atoms with Gasteiger partial charge in [-0.1, -0.05) is 56.2 Å². The fraction of sp³-hybridized carbons (Fsp3) is 0.278. The van der Waals surface area contributed by atoms with E-state index in [9.17, 15) is 5.26 Å². The van der Waals surface area contributed by atoms with Crippen LogP contribution in [0.5, 0.6) is 0 Å². The van der Waals surface area contributed by atoms with Crippen molar-refractivity contribution in [3.05, 3.63) is 59.7 Å². The minimum atomic E-state index is 0.755. The number of unbranched alkanes of at least 4 members (excludes halogenated alkanes) is 2. The van der Waals surface area contributed by atoms with E-state index in [0.29, 0.717) is 0 Å². The Labute approximate surface area is 115 Å². The van der Waals surface area contributed by atoms with Crippen LogP contribution < -0.4 is 0 Å². The molecule has 1 nitrogen and oxygen atoms in total. The van der Waals surface area contributed by atoms with Crippen LogP contribution >= 0.6 is 0 Å². The highest BCUT2D eigenvalue weighted by Gasteiger charge is 2.05. The van der Waals surface area contributed by atoms with Crippen LogP contribution in [0, 0.1) is 11.3 Å². The average molecular weight is 249 g/mol. The summed E-state index contributed by atoms with van der Waals surface area (Å²) in [5, 5.41) is 9.23. The van der Waals surface area contributed by atoms with E-state index in [-0.39, 0.29) is 0 Å². The van der Waals surface area contributed by atoms with Crippen molar-refractivity contribution in [3.8, 4) is 17.2 Å². The number of rotatable bonds is 5. The normalized spacial score (nSPS) is 10.1. The van der Waals surface area contributed by atoms with E-state index in [2.05, 4.69) is 37.3 Å². The van der Waals surface area contributed by atoms with Crippen LogP contribution in [0.4, 0.5) is 0 Å². The van der Waals surface area contributed by atoms with E-state index in [0.717, 1.165) is 23.1 Å². The molecule has 0 aliphatic heterocycles. The van der Waals surface area contributed by atoms with Gasteiger partial charge in [-0.25, -0.2) is 0 Å². The number of hydrogen-bond acceptors (Lipinski definition) is 1. The minimum absolute atomic E-state index is 0.755. The topological polar surface area (TPSA) is 23.8 Å². The van der Waals surface area contributed by atoms with Crippen molar-refractivity contribution in [1.82, 2.24) is 0 Å². The molecule has 0 spiro atoms. The Kier molecular flexibility index (Phi) is 4.75. The zero-order valence-corrected chi connectivity index (χ0v) is 11.4. The molecule has 0 aliphatic carbocycles. The Morgan fingerprint density at radius 1 is 1.00 bits per heavy atom. The second-order valence-electron chi connectivity index (χ2n) is 4.81. The molecule has 0 heterocycles. The van der Waals surface area contributed by atoms with Crippen molar-refractivity contribution in [2.45, 2.75) is 32.6 Å². The Morgan fingerprint density at radius 2 is 1.79 bits per heavy atom. The number of nitrogens with zero attached hydrogens (tertiary/aromatic N) is 1. The van der Waals surface area contributed by atoms with E-state index < -0.39 is 0 Å². The molecule has 0 fully saturated rings. The minimum Gasteiger partial charge on any atom is -0.192 e. The first kappa shape index (κ1) is 13.4. The molecule has 0 saturated heterocycles. The zero-order valence-electron chi connectivity index (χ0n) is 11.4. The molecule has 0 aliphatic rings. The van der Waals surface area contributed by atoms with Gasteiger partial charge in [0.25, 0.3) is 0 Å². The molecular formula is C18H19N. The van der Waals surface area contributed by atoms with E-state index in [1.54, 1.807) is 0 Å². The smallest absolute Gasteiger partial charge is 0.0998 e. The van der Waals surface area contributed by atoms with Crippen molar-refractivity contribution >= 4 is 0 Å². The molecular weight excluding hydrogens is 230 g/mol. The molecule has 0 aromatic heterocycles. The van der Waals surface area contributed by atoms with Gasteiger partial charge in [-0.05, 0) is 41.7 Å². The van der Waals surface area contributed by atoms with Gasteiger partial charge >= 0.3 is 0 Å². The van der Waals surface area contributed by atoms with Gasteiger partial charge in [0.15, 0.2) is 0 Å². The number of hydrogen-bond donors (Lipinski definition) is 0. The predicted molar refractivity (Wildman–Crippen MR) is 79.8 cm³/mol. The van der Waals surface area contributed by atoms with Crippen LogP contribution in [-0.2, 0) is 6.42 Å². The number of benzene rings is 2. The molecule has 0 bridgehead atoms.